The Balaban J connectivity index is 2.40. The van der Waals surface area contributed by atoms with E-state index in [4.69, 9.17) is 10.5 Å². The van der Waals surface area contributed by atoms with Gasteiger partial charge in [0.25, 0.3) is 0 Å². The van der Waals surface area contributed by atoms with Crippen LogP contribution in [0.5, 0.6) is 5.75 Å². The van der Waals surface area contributed by atoms with Crippen molar-refractivity contribution in [2.75, 3.05) is 13.7 Å². The molecular weight excluding hydrogens is 271 g/mol. The number of aromatic nitrogens is 2. The molecule has 0 aliphatic rings. The first-order valence-corrected chi connectivity index (χ1v) is 5.92. The third kappa shape index (κ3) is 2.77. The van der Waals surface area contributed by atoms with Crippen molar-refractivity contribution in [1.82, 2.24) is 9.78 Å². The van der Waals surface area contributed by atoms with Crippen molar-refractivity contribution in [1.29, 1.82) is 0 Å². The summed E-state index contributed by atoms with van der Waals surface area (Å²) in [4.78, 5) is 0. The number of halogens is 3. The fourth-order valence-corrected chi connectivity index (χ4v) is 1.98. The minimum atomic E-state index is -4.47. The standard InChI is InChI=1S/C13H14F3N3O/c1-20-11-5-3-2-4-9(11)10(8-17)19-7-6-12(18-19)13(14,15)16/h2-7,10H,8,17H2,1H3. The highest BCUT2D eigenvalue weighted by Crippen LogP contribution is 2.30. The molecule has 0 amide bonds. The fourth-order valence-electron chi connectivity index (χ4n) is 1.98. The van der Waals surface area contributed by atoms with Crippen LogP contribution in [0.25, 0.3) is 0 Å². The van der Waals surface area contributed by atoms with Gasteiger partial charge in [-0.3, -0.25) is 4.68 Å². The molecule has 1 heterocycles. The first-order chi connectivity index (χ1) is 9.47. The summed E-state index contributed by atoms with van der Waals surface area (Å²) in [5.41, 5.74) is 5.43. The van der Waals surface area contributed by atoms with Crippen LogP contribution in [0, 0.1) is 0 Å². The van der Waals surface area contributed by atoms with Gasteiger partial charge in [0.05, 0.1) is 13.2 Å². The van der Waals surface area contributed by atoms with E-state index >= 15 is 0 Å². The molecule has 2 aromatic rings. The molecule has 2 N–H and O–H groups in total. The van der Waals surface area contributed by atoms with Crippen molar-refractivity contribution in [2.24, 2.45) is 5.73 Å². The van der Waals surface area contributed by atoms with Gasteiger partial charge in [-0.25, -0.2) is 0 Å². The fraction of sp³-hybridized carbons (Fsp3) is 0.308. The normalized spacial score (nSPS) is 13.2. The van der Waals surface area contributed by atoms with Crippen LogP contribution >= 0.6 is 0 Å². The quantitative estimate of drug-likeness (QED) is 0.938. The maximum absolute atomic E-state index is 12.6. The topological polar surface area (TPSA) is 53.1 Å². The molecule has 0 bridgehead atoms. The Morgan fingerprint density at radius 3 is 2.55 bits per heavy atom. The van der Waals surface area contributed by atoms with E-state index in [1.54, 1.807) is 24.3 Å². The van der Waals surface area contributed by atoms with Gasteiger partial charge in [0.1, 0.15) is 5.75 Å². The number of nitrogens with zero attached hydrogens (tertiary/aromatic N) is 2. The molecular formula is C13H14F3N3O. The summed E-state index contributed by atoms with van der Waals surface area (Å²) in [6.45, 7) is 0.110. The smallest absolute Gasteiger partial charge is 0.435 e. The van der Waals surface area contributed by atoms with E-state index in [2.05, 4.69) is 5.10 Å². The van der Waals surface area contributed by atoms with Crippen molar-refractivity contribution in [2.45, 2.75) is 12.2 Å². The van der Waals surface area contributed by atoms with Gasteiger partial charge in [-0.1, -0.05) is 18.2 Å². The molecule has 0 spiro atoms. The van der Waals surface area contributed by atoms with E-state index in [1.807, 2.05) is 0 Å². The van der Waals surface area contributed by atoms with Crippen LogP contribution < -0.4 is 10.5 Å². The number of hydrogen-bond acceptors (Lipinski definition) is 3. The molecule has 0 fully saturated rings. The summed E-state index contributed by atoms with van der Waals surface area (Å²) in [6.07, 6.45) is -3.20. The number of benzene rings is 1. The van der Waals surface area contributed by atoms with Gasteiger partial charge < -0.3 is 10.5 Å². The average molecular weight is 285 g/mol. The Hall–Kier alpha value is -2.02. The number of nitrogens with two attached hydrogens (primary N) is 1. The number of rotatable bonds is 4. The van der Waals surface area contributed by atoms with Gasteiger partial charge >= 0.3 is 6.18 Å². The number of para-hydroxylation sites is 1. The molecule has 108 valence electrons. The van der Waals surface area contributed by atoms with Crippen molar-refractivity contribution >= 4 is 0 Å². The zero-order valence-electron chi connectivity index (χ0n) is 10.8. The monoisotopic (exact) mass is 285 g/mol. The zero-order valence-corrected chi connectivity index (χ0v) is 10.8. The lowest BCUT2D eigenvalue weighted by Gasteiger charge is -2.18. The van der Waals surface area contributed by atoms with E-state index < -0.39 is 17.9 Å². The second-order valence-electron chi connectivity index (χ2n) is 4.17. The first kappa shape index (κ1) is 14.4. The molecule has 2 rings (SSSR count). The summed E-state index contributed by atoms with van der Waals surface area (Å²) >= 11 is 0. The summed E-state index contributed by atoms with van der Waals surface area (Å²) in [5, 5.41) is 3.56. The van der Waals surface area contributed by atoms with Crippen LogP contribution in [0.1, 0.15) is 17.3 Å². The molecule has 1 aromatic heterocycles. The number of hydrogen-bond donors (Lipinski definition) is 1. The Morgan fingerprint density at radius 1 is 1.30 bits per heavy atom. The second kappa shape index (κ2) is 5.54. The summed E-state index contributed by atoms with van der Waals surface area (Å²) < 4.78 is 44.2. The van der Waals surface area contributed by atoms with Crippen LogP contribution in [-0.2, 0) is 6.18 Å². The van der Waals surface area contributed by atoms with E-state index in [0.717, 1.165) is 6.07 Å². The third-order valence-corrected chi connectivity index (χ3v) is 2.94. The molecule has 0 aliphatic heterocycles. The maximum Gasteiger partial charge on any atom is 0.435 e. The molecule has 0 aliphatic carbocycles. The molecule has 0 radical (unpaired) electrons. The lowest BCUT2D eigenvalue weighted by molar-refractivity contribution is -0.141. The summed E-state index contributed by atoms with van der Waals surface area (Å²) in [6, 6.07) is 7.45. The Labute approximate surface area is 114 Å². The molecule has 1 atom stereocenters. The molecule has 7 heteroatoms. The van der Waals surface area contributed by atoms with E-state index in [-0.39, 0.29) is 6.54 Å². The lowest BCUT2D eigenvalue weighted by atomic mass is 10.1. The van der Waals surface area contributed by atoms with E-state index in [0.29, 0.717) is 11.3 Å². The van der Waals surface area contributed by atoms with Gasteiger partial charge in [0, 0.05) is 18.3 Å². The molecule has 4 nitrogen and oxygen atoms in total. The van der Waals surface area contributed by atoms with Crippen LogP contribution in [0.2, 0.25) is 0 Å². The largest absolute Gasteiger partial charge is 0.496 e. The van der Waals surface area contributed by atoms with Crippen LogP contribution in [0.15, 0.2) is 36.5 Å². The molecule has 20 heavy (non-hydrogen) atoms. The second-order valence-corrected chi connectivity index (χ2v) is 4.17. The van der Waals surface area contributed by atoms with Gasteiger partial charge in [0.15, 0.2) is 5.69 Å². The van der Waals surface area contributed by atoms with Gasteiger partial charge in [-0.15, -0.1) is 0 Å². The molecule has 1 unspecified atom stereocenters. The van der Waals surface area contributed by atoms with Gasteiger partial charge in [0.2, 0.25) is 0 Å². The third-order valence-electron chi connectivity index (χ3n) is 2.94. The highest BCUT2D eigenvalue weighted by Gasteiger charge is 2.34. The minimum absolute atomic E-state index is 0.110. The zero-order chi connectivity index (χ0) is 14.8. The van der Waals surface area contributed by atoms with E-state index in [1.165, 1.54) is 18.0 Å². The SMILES string of the molecule is COc1ccccc1C(CN)n1ccc(C(F)(F)F)n1. The number of methoxy groups -OCH3 is 1. The average Bonchev–Trinajstić information content (AvgIpc) is 2.90. The van der Waals surface area contributed by atoms with Crippen molar-refractivity contribution in [3.8, 4) is 5.75 Å². The Morgan fingerprint density at radius 2 is 2.00 bits per heavy atom. The lowest BCUT2D eigenvalue weighted by Crippen LogP contribution is -2.22. The first-order valence-electron chi connectivity index (χ1n) is 5.92. The van der Waals surface area contributed by atoms with Gasteiger partial charge in [-0.05, 0) is 12.1 Å². The van der Waals surface area contributed by atoms with E-state index in [9.17, 15) is 13.2 Å². The molecule has 0 saturated carbocycles. The Kier molecular flexibility index (Phi) is 3.99. The van der Waals surface area contributed by atoms with Crippen LogP contribution in [-0.4, -0.2) is 23.4 Å². The Bertz CT molecular complexity index is 580. The summed E-state index contributed by atoms with van der Waals surface area (Å²) in [7, 11) is 1.50. The highest BCUT2D eigenvalue weighted by atomic mass is 19.4. The van der Waals surface area contributed by atoms with Crippen molar-refractivity contribution < 1.29 is 17.9 Å². The van der Waals surface area contributed by atoms with Crippen LogP contribution in [0.3, 0.4) is 0 Å². The van der Waals surface area contributed by atoms with Crippen molar-refractivity contribution in [3.05, 3.63) is 47.8 Å². The number of ether oxygens (including phenoxy) is 1. The predicted octanol–water partition coefficient (Wildman–Crippen LogP) is 2.46. The minimum Gasteiger partial charge on any atom is -0.496 e. The highest BCUT2D eigenvalue weighted by molar-refractivity contribution is 5.36. The predicted molar refractivity (Wildman–Crippen MR) is 67.4 cm³/mol. The van der Waals surface area contributed by atoms with Crippen LogP contribution in [0.4, 0.5) is 13.2 Å². The maximum atomic E-state index is 12.6. The molecule has 0 saturated heterocycles. The summed E-state index contributed by atoms with van der Waals surface area (Å²) in [5.74, 6) is 0.562. The number of alkyl halides is 3. The van der Waals surface area contributed by atoms with Crippen molar-refractivity contribution in [3.63, 3.8) is 0 Å². The van der Waals surface area contributed by atoms with Gasteiger partial charge in [-0.2, -0.15) is 18.3 Å². The molecule has 1 aromatic carbocycles.